The van der Waals surface area contributed by atoms with Gasteiger partial charge < -0.3 is 10.6 Å². The van der Waals surface area contributed by atoms with E-state index in [-0.39, 0.29) is 0 Å². The number of nitrogens with two attached hydrogens (primary N) is 1. The van der Waals surface area contributed by atoms with Gasteiger partial charge in [-0.3, -0.25) is 0 Å². The van der Waals surface area contributed by atoms with Crippen molar-refractivity contribution in [1.29, 1.82) is 0 Å². The molecule has 2 heteroatoms. The van der Waals surface area contributed by atoms with Gasteiger partial charge in [0.25, 0.3) is 0 Å². The van der Waals surface area contributed by atoms with E-state index in [1.807, 2.05) is 6.07 Å². The quantitative estimate of drug-likeness (QED) is 0.673. The minimum Gasteiger partial charge on any atom is -0.370 e. The molecule has 0 aromatic heterocycles. The van der Waals surface area contributed by atoms with Crippen LogP contribution < -0.4 is 10.6 Å². The largest absolute Gasteiger partial charge is 0.370 e. The summed E-state index contributed by atoms with van der Waals surface area (Å²) in [4.78, 5) is 2.34. The lowest BCUT2D eigenvalue weighted by Crippen LogP contribution is -2.26. The van der Waals surface area contributed by atoms with Gasteiger partial charge in [-0.2, -0.15) is 0 Å². The summed E-state index contributed by atoms with van der Waals surface area (Å²) in [5.41, 5.74) is 7.12. The highest BCUT2D eigenvalue weighted by Crippen LogP contribution is 2.18. The Morgan fingerprint density at radius 2 is 2.00 bits per heavy atom. The van der Waals surface area contributed by atoms with Crippen molar-refractivity contribution in [2.24, 2.45) is 5.73 Å². The van der Waals surface area contributed by atoms with Crippen LogP contribution in [0, 0.1) is 0 Å². The van der Waals surface area contributed by atoms with Gasteiger partial charge in [-0.25, -0.2) is 0 Å². The van der Waals surface area contributed by atoms with E-state index in [9.17, 15) is 0 Å². The highest BCUT2D eigenvalue weighted by atomic mass is 15.2. The lowest BCUT2D eigenvalue weighted by Gasteiger charge is -2.17. The molecule has 1 atom stereocenters. The molecule has 0 radical (unpaired) electrons. The lowest BCUT2D eigenvalue weighted by atomic mass is 10.3. The van der Waals surface area contributed by atoms with Gasteiger partial charge in [-0.1, -0.05) is 18.2 Å². The van der Waals surface area contributed by atoms with Crippen molar-refractivity contribution in [2.75, 3.05) is 18.0 Å². The normalized spacial score (nSPS) is 23.1. The summed E-state index contributed by atoms with van der Waals surface area (Å²) >= 11 is 0. The molecule has 12 heavy (non-hydrogen) atoms. The number of para-hydroxylation sites is 1. The van der Waals surface area contributed by atoms with Gasteiger partial charge in [0.05, 0.1) is 0 Å². The molecule has 0 aliphatic carbocycles. The molecule has 0 spiro atoms. The maximum Gasteiger partial charge on any atom is 0.0366 e. The second kappa shape index (κ2) is 3.15. The third-order valence-electron chi connectivity index (χ3n) is 2.35. The predicted molar refractivity (Wildman–Crippen MR) is 51.2 cm³/mol. The standard InChI is InChI=1S/C10H14N2/c11-9-6-7-12(8-9)10-4-2-1-3-5-10/h1-5,9H,6-8,11H2. The molecule has 1 aromatic carbocycles. The van der Waals surface area contributed by atoms with Crippen molar-refractivity contribution < 1.29 is 0 Å². The Balaban J connectivity index is 2.11. The summed E-state index contributed by atoms with van der Waals surface area (Å²) in [6, 6.07) is 10.8. The Bertz CT molecular complexity index is 245. The average molecular weight is 162 g/mol. The fourth-order valence-corrected chi connectivity index (χ4v) is 1.66. The molecule has 0 saturated carbocycles. The number of benzene rings is 1. The third kappa shape index (κ3) is 1.43. The fourth-order valence-electron chi connectivity index (χ4n) is 1.66. The summed E-state index contributed by atoms with van der Waals surface area (Å²) in [6.07, 6.45) is 1.12. The second-order valence-corrected chi connectivity index (χ2v) is 3.33. The highest BCUT2D eigenvalue weighted by Gasteiger charge is 2.18. The van der Waals surface area contributed by atoms with Gasteiger partial charge in [0.2, 0.25) is 0 Å². The topological polar surface area (TPSA) is 29.3 Å². The van der Waals surface area contributed by atoms with E-state index in [4.69, 9.17) is 5.73 Å². The molecule has 2 rings (SSSR count). The second-order valence-electron chi connectivity index (χ2n) is 3.33. The molecule has 1 aliphatic rings. The molecule has 2 nitrogen and oxygen atoms in total. The molecule has 0 bridgehead atoms. The molecule has 0 amide bonds. The van der Waals surface area contributed by atoms with Gasteiger partial charge in [-0.15, -0.1) is 0 Å². The first-order valence-electron chi connectivity index (χ1n) is 4.42. The molecule has 64 valence electrons. The smallest absolute Gasteiger partial charge is 0.0366 e. The van der Waals surface area contributed by atoms with Gasteiger partial charge in [0, 0.05) is 24.8 Å². The lowest BCUT2D eigenvalue weighted by molar-refractivity contribution is 0.752. The number of hydrogen-bond donors (Lipinski definition) is 1. The van der Waals surface area contributed by atoms with E-state index >= 15 is 0 Å². The van der Waals surface area contributed by atoms with E-state index in [2.05, 4.69) is 29.2 Å². The number of nitrogens with zero attached hydrogens (tertiary/aromatic N) is 1. The zero-order chi connectivity index (χ0) is 8.39. The van der Waals surface area contributed by atoms with Crippen LogP contribution in [0.2, 0.25) is 0 Å². The Labute approximate surface area is 73.0 Å². The first-order chi connectivity index (χ1) is 5.86. The molecule has 1 aliphatic heterocycles. The van der Waals surface area contributed by atoms with Crippen LogP contribution in [0.1, 0.15) is 6.42 Å². The predicted octanol–water partition coefficient (Wildman–Crippen LogP) is 1.22. The van der Waals surface area contributed by atoms with Gasteiger partial charge in [0.15, 0.2) is 0 Å². The van der Waals surface area contributed by atoms with Crippen LogP contribution in [0.25, 0.3) is 0 Å². The maximum absolute atomic E-state index is 5.82. The Morgan fingerprint density at radius 3 is 2.58 bits per heavy atom. The minimum absolute atomic E-state index is 0.366. The van der Waals surface area contributed by atoms with E-state index in [0.29, 0.717) is 6.04 Å². The van der Waals surface area contributed by atoms with Crippen molar-refractivity contribution in [3.63, 3.8) is 0 Å². The van der Waals surface area contributed by atoms with E-state index in [1.54, 1.807) is 0 Å². The summed E-state index contributed by atoms with van der Waals surface area (Å²) in [5, 5.41) is 0. The van der Waals surface area contributed by atoms with Crippen LogP contribution in [0.4, 0.5) is 5.69 Å². The van der Waals surface area contributed by atoms with Crippen LogP contribution in [0.15, 0.2) is 30.3 Å². The van der Waals surface area contributed by atoms with Crippen LogP contribution in [-0.2, 0) is 0 Å². The molecule has 2 N–H and O–H groups in total. The monoisotopic (exact) mass is 162 g/mol. The SMILES string of the molecule is NC1CCN(c2ccccc2)C1. The Hall–Kier alpha value is -1.02. The van der Waals surface area contributed by atoms with Crippen molar-refractivity contribution >= 4 is 5.69 Å². The fraction of sp³-hybridized carbons (Fsp3) is 0.400. The summed E-state index contributed by atoms with van der Waals surface area (Å²) < 4.78 is 0. The molecule has 1 unspecified atom stereocenters. The van der Waals surface area contributed by atoms with Crippen molar-refractivity contribution in [1.82, 2.24) is 0 Å². The van der Waals surface area contributed by atoms with Crippen molar-refractivity contribution in [3.05, 3.63) is 30.3 Å². The highest BCUT2D eigenvalue weighted by molar-refractivity contribution is 5.47. The first-order valence-corrected chi connectivity index (χ1v) is 4.42. The third-order valence-corrected chi connectivity index (χ3v) is 2.35. The van der Waals surface area contributed by atoms with Crippen LogP contribution in [0.5, 0.6) is 0 Å². The molecule has 1 saturated heterocycles. The van der Waals surface area contributed by atoms with Crippen molar-refractivity contribution in [2.45, 2.75) is 12.5 Å². The number of anilines is 1. The van der Waals surface area contributed by atoms with Crippen molar-refractivity contribution in [3.8, 4) is 0 Å². The Morgan fingerprint density at radius 1 is 1.25 bits per heavy atom. The molecule has 1 fully saturated rings. The van der Waals surface area contributed by atoms with Crippen LogP contribution >= 0.6 is 0 Å². The zero-order valence-corrected chi connectivity index (χ0v) is 7.11. The zero-order valence-electron chi connectivity index (χ0n) is 7.11. The summed E-state index contributed by atoms with van der Waals surface area (Å²) in [5.74, 6) is 0. The van der Waals surface area contributed by atoms with Gasteiger partial charge in [0.1, 0.15) is 0 Å². The Kier molecular flexibility index (Phi) is 2.00. The molecular formula is C10H14N2. The van der Waals surface area contributed by atoms with Crippen LogP contribution in [-0.4, -0.2) is 19.1 Å². The molecule has 1 aromatic rings. The number of rotatable bonds is 1. The summed E-state index contributed by atoms with van der Waals surface area (Å²) in [6.45, 7) is 2.11. The van der Waals surface area contributed by atoms with Crippen LogP contribution in [0.3, 0.4) is 0 Å². The van der Waals surface area contributed by atoms with E-state index in [0.717, 1.165) is 19.5 Å². The molecule has 1 heterocycles. The molecular weight excluding hydrogens is 148 g/mol. The maximum atomic E-state index is 5.82. The minimum atomic E-state index is 0.366. The number of hydrogen-bond acceptors (Lipinski definition) is 2. The van der Waals surface area contributed by atoms with E-state index < -0.39 is 0 Å². The summed E-state index contributed by atoms with van der Waals surface area (Å²) in [7, 11) is 0. The van der Waals surface area contributed by atoms with Gasteiger partial charge in [-0.05, 0) is 18.6 Å². The van der Waals surface area contributed by atoms with E-state index in [1.165, 1.54) is 5.69 Å². The average Bonchev–Trinajstić information content (AvgIpc) is 2.54. The first kappa shape index (κ1) is 7.62. The van der Waals surface area contributed by atoms with Gasteiger partial charge >= 0.3 is 0 Å².